The number of benzene rings is 1. The summed E-state index contributed by atoms with van der Waals surface area (Å²) in [7, 11) is 0. The van der Waals surface area contributed by atoms with Crippen LogP contribution in [-0.2, 0) is 6.54 Å². The third kappa shape index (κ3) is 1.90. The second kappa shape index (κ2) is 5.09. The molecule has 1 atom stereocenters. The first-order chi connectivity index (χ1) is 9.34. The summed E-state index contributed by atoms with van der Waals surface area (Å²) in [5.41, 5.74) is 0.939. The Labute approximate surface area is 123 Å². The molecule has 1 aromatic heterocycles. The van der Waals surface area contributed by atoms with Crippen molar-refractivity contribution in [3.8, 4) is 0 Å². The Morgan fingerprint density at radius 3 is 2.85 bits per heavy atom. The zero-order valence-corrected chi connectivity index (χ0v) is 12.1. The smallest absolute Gasteiger partial charge is 0.262 e. The minimum absolute atomic E-state index is 0. The first-order valence-electron chi connectivity index (χ1n) is 7.11. The van der Waals surface area contributed by atoms with Gasteiger partial charge in [-0.3, -0.25) is 9.36 Å². The largest absolute Gasteiger partial charge is 0.339 e. The van der Waals surface area contributed by atoms with Gasteiger partial charge in [0, 0.05) is 19.1 Å². The lowest BCUT2D eigenvalue weighted by atomic mass is 9.98. The molecule has 2 aromatic rings. The number of fused-ring (bicyclic) bond motifs is 4. The van der Waals surface area contributed by atoms with Gasteiger partial charge in [0.1, 0.15) is 0 Å². The lowest BCUT2D eigenvalue weighted by Gasteiger charge is -2.41. The fourth-order valence-corrected chi connectivity index (χ4v) is 3.42. The fourth-order valence-electron chi connectivity index (χ4n) is 3.42. The van der Waals surface area contributed by atoms with Gasteiger partial charge in [0.15, 0.2) is 0 Å². The van der Waals surface area contributed by atoms with E-state index < -0.39 is 0 Å². The highest BCUT2D eigenvalue weighted by molar-refractivity contribution is 5.85. The third-order valence-electron chi connectivity index (χ3n) is 4.41. The number of aromatic nitrogens is 2. The maximum absolute atomic E-state index is 12.5. The van der Waals surface area contributed by atoms with Crippen LogP contribution in [0.25, 0.3) is 10.9 Å². The van der Waals surface area contributed by atoms with Crippen LogP contribution < -0.4 is 10.5 Å². The summed E-state index contributed by atoms with van der Waals surface area (Å²) in [4.78, 5) is 19.6. The summed E-state index contributed by atoms with van der Waals surface area (Å²) in [5.74, 6) is 0.889. The highest BCUT2D eigenvalue weighted by Gasteiger charge is 2.30. The number of nitrogens with zero attached hydrogens (tertiary/aromatic N) is 3. The second-order valence-corrected chi connectivity index (χ2v) is 5.52. The van der Waals surface area contributed by atoms with Crippen molar-refractivity contribution in [3.63, 3.8) is 0 Å². The van der Waals surface area contributed by atoms with Crippen molar-refractivity contribution in [3.05, 3.63) is 34.6 Å². The van der Waals surface area contributed by atoms with Crippen molar-refractivity contribution in [1.82, 2.24) is 9.55 Å². The number of rotatable bonds is 0. The molecule has 0 bridgehead atoms. The van der Waals surface area contributed by atoms with E-state index >= 15 is 0 Å². The van der Waals surface area contributed by atoms with Crippen molar-refractivity contribution in [1.29, 1.82) is 0 Å². The van der Waals surface area contributed by atoms with Crippen LogP contribution >= 0.6 is 12.4 Å². The van der Waals surface area contributed by atoms with Crippen molar-refractivity contribution >= 4 is 29.3 Å². The van der Waals surface area contributed by atoms with Crippen LogP contribution in [0.1, 0.15) is 25.7 Å². The molecule has 0 spiro atoms. The van der Waals surface area contributed by atoms with Crippen LogP contribution in [0.5, 0.6) is 0 Å². The molecule has 2 aliphatic rings. The topological polar surface area (TPSA) is 38.1 Å². The zero-order chi connectivity index (χ0) is 12.8. The maximum Gasteiger partial charge on any atom is 0.262 e. The summed E-state index contributed by atoms with van der Waals surface area (Å²) >= 11 is 0. The van der Waals surface area contributed by atoms with Crippen molar-refractivity contribution in [2.45, 2.75) is 38.3 Å². The van der Waals surface area contributed by atoms with E-state index in [4.69, 9.17) is 4.98 Å². The molecule has 0 aliphatic carbocycles. The quantitative estimate of drug-likeness (QED) is 0.749. The summed E-state index contributed by atoms with van der Waals surface area (Å²) in [5, 5.41) is 0.738. The molecule has 0 saturated carbocycles. The number of hydrogen-bond acceptors (Lipinski definition) is 3. The van der Waals surface area contributed by atoms with Gasteiger partial charge in [-0.05, 0) is 37.8 Å². The molecule has 1 aromatic carbocycles. The summed E-state index contributed by atoms with van der Waals surface area (Å²) in [6.07, 6.45) is 4.83. The van der Waals surface area contributed by atoms with Gasteiger partial charge in [0.2, 0.25) is 5.95 Å². The highest BCUT2D eigenvalue weighted by atomic mass is 35.5. The lowest BCUT2D eigenvalue weighted by molar-refractivity contribution is 0.372. The fraction of sp³-hybridized carbons (Fsp3) is 0.467. The van der Waals surface area contributed by atoms with Crippen LogP contribution in [-0.4, -0.2) is 22.1 Å². The van der Waals surface area contributed by atoms with Crippen LogP contribution in [0.3, 0.4) is 0 Å². The molecule has 106 valence electrons. The van der Waals surface area contributed by atoms with Crippen LogP contribution in [0, 0.1) is 0 Å². The molecule has 1 unspecified atom stereocenters. The van der Waals surface area contributed by atoms with E-state index in [-0.39, 0.29) is 18.0 Å². The van der Waals surface area contributed by atoms with Gasteiger partial charge in [-0.2, -0.15) is 0 Å². The van der Waals surface area contributed by atoms with Gasteiger partial charge in [-0.15, -0.1) is 12.4 Å². The van der Waals surface area contributed by atoms with E-state index in [2.05, 4.69) is 4.90 Å². The van der Waals surface area contributed by atoms with Gasteiger partial charge in [-0.25, -0.2) is 4.98 Å². The minimum Gasteiger partial charge on any atom is -0.339 e. The summed E-state index contributed by atoms with van der Waals surface area (Å²) in [6.45, 7) is 1.85. The number of hydrogen-bond donors (Lipinski definition) is 0. The van der Waals surface area contributed by atoms with Crippen molar-refractivity contribution in [2.24, 2.45) is 0 Å². The standard InChI is InChI=1S/C15H17N3O.ClH/c19-14-12-6-1-2-7-13(12)16-15-17-9-4-3-5-11(17)8-10-18(14)15;/h1-2,6-7,11H,3-5,8-10H2;1H. The Kier molecular flexibility index (Phi) is 3.42. The van der Waals surface area contributed by atoms with Crippen LogP contribution in [0.2, 0.25) is 0 Å². The van der Waals surface area contributed by atoms with Gasteiger partial charge in [0.25, 0.3) is 5.56 Å². The molecular weight excluding hydrogens is 274 g/mol. The molecule has 0 N–H and O–H groups in total. The predicted octanol–water partition coefficient (Wildman–Crippen LogP) is 2.58. The Morgan fingerprint density at radius 2 is 1.95 bits per heavy atom. The van der Waals surface area contributed by atoms with E-state index in [1.807, 2.05) is 28.8 Å². The average Bonchev–Trinajstić information content (AvgIpc) is 2.47. The number of para-hydroxylation sites is 1. The van der Waals surface area contributed by atoms with E-state index in [0.717, 1.165) is 36.4 Å². The Morgan fingerprint density at radius 1 is 1.10 bits per heavy atom. The van der Waals surface area contributed by atoms with Gasteiger partial charge >= 0.3 is 0 Å². The molecule has 2 aliphatic heterocycles. The lowest BCUT2D eigenvalue weighted by Crippen LogP contribution is -2.47. The molecule has 4 rings (SSSR count). The normalized spacial score (nSPS) is 21.0. The van der Waals surface area contributed by atoms with Crippen LogP contribution in [0.15, 0.2) is 29.1 Å². The van der Waals surface area contributed by atoms with Crippen molar-refractivity contribution in [2.75, 3.05) is 11.4 Å². The number of piperidine rings is 1. The molecule has 4 nitrogen and oxygen atoms in total. The maximum atomic E-state index is 12.5. The molecule has 3 heterocycles. The Balaban J connectivity index is 0.00000121. The number of anilines is 1. The monoisotopic (exact) mass is 291 g/mol. The molecule has 1 saturated heterocycles. The Hall–Kier alpha value is -1.55. The molecule has 5 heteroatoms. The van der Waals surface area contributed by atoms with E-state index in [1.165, 1.54) is 19.3 Å². The van der Waals surface area contributed by atoms with Gasteiger partial charge in [-0.1, -0.05) is 12.1 Å². The van der Waals surface area contributed by atoms with Gasteiger partial charge < -0.3 is 4.90 Å². The summed E-state index contributed by atoms with van der Waals surface area (Å²) < 4.78 is 1.87. The SMILES string of the molecule is Cl.O=c1c2ccccc2nc2n1CCC1CCCCN21. The highest BCUT2D eigenvalue weighted by Crippen LogP contribution is 2.29. The molecule has 0 amide bonds. The average molecular weight is 292 g/mol. The molecule has 1 fully saturated rings. The zero-order valence-electron chi connectivity index (χ0n) is 11.3. The predicted molar refractivity (Wildman–Crippen MR) is 82.9 cm³/mol. The number of halogens is 1. The third-order valence-corrected chi connectivity index (χ3v) is 4.41. The molecule has 20 heavy (non-hydrogen) atoms. The molecular formula is C15H18ClN3O. The molecule has 0 radical (unpaired) electrons. The van der Waals surface area contributed by atoms with Crippen molar-refractivity contribution < 1.29 is 0 Å². The Bertz CT molecular complexity index is 697. The first-order valence-corrected chi connectivity index (χ1v) is 7.11. The minimum atomic E-state index is 0. The first kappa shape index (κ1) is 13.4. The van der Waals surface area contributed by atoms with E-state index in [0.29, 0.717) is 6.04 Å². The van der Waals surface area contributed by atoms with Gasteiger partial charge in [0.05, 0.1) is 10.9 Å². The van der Waals surface area contributed by atoms with Crippen LogP contribution in [0.4, 0.5) is 5.95 Å². The van der Waals surface area contributed by atoms with E-state index in [1.54, 1.807) is 0 Å². The second-order valence-electron chi connectivity index (χ2n) is 5.52. The van der Waals surface area contributed by atoms with E-state index in [9.17, 15) is 4.79 Å². The summed E-state index contributed by atoms with van der Waals surface area (Å²) in [6, 6.07) is 8.25.